The van der Waals surface area contributed by atoms with Crippen LogP contribution in [0.15, 0.2) is 26.2 Å². The van der Waals surface area contributed by atoms with Crippen LogP contribution < -0.4 is 10.5 Å². The van der Waals surface area contributed by atoms with Crippen molar-refractivity contribution in [1.29, 1.82) is 0 Å². The number of hydrogen-bond acceptors (Lipinski definition) is 5. The molecule has 2 rings (SSSR count). The Kier molecular flexibility index (Phi) is 5.04. The second kappa shape index (κ2) is 6.61. The Bertz CT molecular complexity index is 781. The fourth-order valence-electron chi connectivity index (χ4n) is 1.76. The van der Waals surface area contributed by atoms with Crippen molar-refractivity contribution in [3.8, 4) is 0 Å². The van der Waals surface area contributed by atoms with Gasteiger partial charge in [-0.05, 0) is 19.4 Å². The summed E-state index contributed by atoms with van der Waals surface area (Å²) < 4.78 is 36.7. The zero-order chi connectivity index (χ0) is 15.5. The fourth-order valence-corrected chi connectivity index (χ4v) is 3.38. The molecule has 1 heterocycles. The van der Waals surface area contributed by atoms with Crippen molar-refractivity contribution in [2.45, 2.75) is 18.2 Å². The third kappa shape index (κ3) is 3.85. The normalized spacial score (nSPS) is 12.1. The molecule has 2 aromatic rings. The lowest BCUT2D eigenvalue weighted by Gasteiger charge is -2.08. The lowest BCUT2D eigenvalue weighted by molar-refractivity contribution is 0.146. The molecule has 0 saturated heterocycles. The predicted molar refractivity (Wildman–Crippen MR) is 78.1 cm³/mol. The summed E-state index contributed by atoms with van der Waals surface area (Å²) in [6, 6.07) is 2.57. The van der Waals surface area contributed by atoms with Crippen LogP contribution in [0.4, 0.5) is 0 Å². The number of nitrogens with one attached hydrogen (secondary N) is 2. The predicted octanol–water partition coefficient (Wildman–Crippen LogP) is 1.48. The van der Waals surface area contributed by atoms with E-state index in [9.17, 15) is 13.2 Å². The van der Waals surface area contributed by atoms with Gasteiger partial charge >= 0.3 is 5.76 Å². The van der Waals surface area contributed by atoms with E-state index in [1.54, 1.807) is 0 Å². The van der Waals surface area contributed by atoms with Crippen molar-refractivity contribution in [3.63, 3.8) is 0 Å². The van der Waals surface area contributed by atoms with Crippen molar-refractivity contribution >= 4 is 32.7 Å². The minimum atomic E-state index is -3.77. The topological polar surface area (TPSA) is 101 Å². The molecule has 0 spiro atoms. The molecule has 0 aliphatic carbocycles. The SMILES string of the molecule is CCOCCCNS(=O)(=O)c1cc2oc(=O)[nH]c2cc1Cl. The van der Waals surface area contributed by atoms with E-state index in [1.807, 2.05) is 6.92 Å². The zero-order valence-corrected chi connectivity index (χ0v) is 12.9. The van der Waals surface area contributed by atoms with E-state index in [0.29, 0.717) is 25.2 Å². The van der Waals surface area contributed by atoms with Crippen LogP contribution in [0, 0.1) is 0 Å². The van der Waals surface area contributed by atoms with Gasteiger partial charge in [-0.25, -0.2) is 17.9 Å². The van der Waals surface area contributed by atoms with Gasteiger partial charge < -0.3 is 9.15 Å². The molecule has 0 bridgehead atoms. The highest BCUT2D eigenvalue weighted by molar-refractivity contribution is 7.89. The molecular weight excluding hydrogens is 320 g/mol. The maximum Gasteiger partial charge on any atom is 0.417 e. The molecule has 0 aliphatic rings. The number of aromatic nitrogens is 1. The van der Waals surface area contributed by atoms with Gasteiger partial charge in [0.15, 0.2) is 5.58 Å². The van der Waals surface area contributed by atoms with Gasteiger partial charge in [0.1, 0.15) is 4.90 Å². The number of ether oxygens (including phenoxy) is 1. The Morgan fingerprint density at radius 2 is 2.19 bits per heavy atom. The highest BCUT2D eigenvalue weighted by atomic mass is 35.5. The molecule has 1 aromatic carbocycles. The summed E-state index contributed by atoms with van der Waals surface area (Å²) in [5.74, 6) is -0.666. The molecule has 21 heavy (non-hydrogen) atoms. The molecule has 0 radical (unpaired) electrons. The largest absolute Gasteiger partial charge is 0.417 e. The van der Waals surface area contributed by atoms with Crippen molar-refractivity contribution in [3.05, 3.63) is 27.7 Å². The third-order valence-corrected chi connectivity index (χ3v) is 4.65. The smallest absolute Gasteiger partial charge is 0.408 e. The van der Waals surface area contributed by atoms with Crippen LogP contribution in [-0.4, -0.2) is 33.2 Å². The van der Waals surface area contributed by atoms with Crippen molar-refractivity contribution in [2.75, 3.05) is 19.8 Å². The second-order valence-corrected chi connectivity index (χ2v) is 6.38. The standard InChI is InChI=1S/C12H15ClN2O5S/c1-2-19-5-3-4-14-21(17,18)11-7-10-9(6-8(11)13)15-12(16)20-10/h6-7,14H,2-5H2,1H3,(H,15,16). The van der Waals surface area contributed by atoms with Gasteiger partial charge in [0, 0.05) is 25.8 Å². The number of benzene rings is 1. The molecule has 116 valence electrons. The van der Waals surface area contributed by atoms with Gasteiger partial charge in [0.05, 0.1) is 10.5 Å². The molecule has 0 saturated carbocycles. The van der Waals surface area contributed by atoms with Gasteiger partial charge in [-0.3, -0.25) is 4.98 Å². The number of H-pyrrole nitrogens is 1. The van der Waals surface area contributed by atoms with Crippen LogP contribution in [-0.2, 0) is 14.8 Å². The van der Waals surface area contributed by atoms with Crippen LogP contribution >= 0.6 is 11.6 Å². The van der Waals surface area contributed by atoms with Crippen molar-refractivity contribution < 1.29 is 17.6 Å². The summed E-state index contributed by atoms with van der Waals surface area (Å²) in [4.78, 5) is 13.4. The zero-order valence-electron chi connectivity index (χ0n) is 11.3. The number of fused-ring (bicyclic) bond motifs is 1. The maximum atomic E-state index is 12.2. The first-order valence-corrected chi connectivity index (χ1v) is 8.20. The van der Waals surface area contributed by atoms with Gasteiger partial charge in [-0.1, -0.05) is 11.6 Å². The second-order valence-electron chi connectivity index (χ2n) is 4.24. The summed E-state index contributed by atoms with van der Waals surface area (Å²) in [5, 5.41) is 0.0110. The molecule has 1 aromatic heterocycles. The molecule has 0 fully saturated rings. The average molecular weight is 335 g/mol. The van der Waals surface area contributed by atoms with Crippen LogP contribution in [0.25, 0.3) is 11.1 Å². The number of hydrogen-bond donors (Lipinski definition) is 2. The molecule has 9 heteroatoms. The van der Waals surface area contributed by atoms with Crippen LogP contribution in [0.3, 0.4) is 0 Å². The number of oxazole rings is 1. The molecule has 0 aliphatic heterocycles. The van der Waals surface area contributed by atoms with E-state index in [0.717, 1.165) is 0 Å². The highest BCUT2D eigenvalue weighted by Gasteiger charge is 2.19. The summed E-state index contributed by atoms with van der Waals surface area (Å²) in [6.07, 6.45) is 0.548. The van der Waals surface area contributed by atoms with E-state index >= 15 is 0 Å². The van der Waals surface area contributed by atoms with E-state index in [-0.39, 0.29) is 22.0 Å². The van der Waals surface area contributed by atoms with Crippen LogP contribution in [0.1, 0.15) is 13.3 Å². The van der Waals surface area contributed by atoms with Crippen molar-refractivity contribution in [2.24, 2.45) is 0 Å². The molecule has 0 unspecified atom stereocenters. The fraction of sp³-hybridized carbons (Fsp3) is 0.417. The molecular formula is C12H15ClN2O5S. The Morgan fingerprint density at radius 1 is 1.43 bits per heavy atom. The summed E-state index contributed by atoms with van der Waals surface area (Å²) in [6.45, 7) is 3.15. The van der Waals surface area contributed by atoms with Gasteiger partial charge in [-0.2, -0.15) is 0 Å². The number of sulfonamides is 1. The molecule has 0 amide bonds. The third-order valence-electron chi connectivity index (χ3n) is 2.72. The van der Waals surface area contributed by atoms with E-state index < -0.39 is 15.8 Å². The highest BCUT2D eigenvalue weighted by Crippen LogP contribution is 2.26. The Labute approximate surface area is 126 Å². The van der Waals surface area contributed by atoms with Crippen LogP contribution in [0.2, 0.25) is 5.02 Å². The summed E-state index contributed by atoms with van der Waals surface area (Å²) in [7, 11) is -3.77. The van der Waals surface area contributed by atoms with Gasteiger partial charge in [0.25, 0.3) is 0 Å². The van der Waals surface area contributed by atoms with E-state index in [1.165, 1.54) is 12.1 Å². The average Bonchev–Trinajstić information content (AvgIpc) is 2.76. The first-order chi connectivity index (χ1) is 9.94. The summed E-state index contributed by atoms with van der Waals surface area (Å²) >= 11 is 5.95. The van der Waals surface area contributed by atoms with Gasteiger partial charge in [-0.15, -0.1) is 0 Å². The first kappa shape index (κ1) is 16.0. The lowest BCUT2D eigenvalue weighted by atomic mass is 10.3. The molecule has 2 N–H and O–H groups in total. The number of halogens is 1. The Balaban J connectivity index is 2.19. The molecule has 0 atom stereocenters. The van der Waals surface area contributed by atoms with Gasteiger partial charge in [0.2, 0.25) is 10.0 Å². The molecule has 7 nitrogen and oxygen atoms in total. The number of rotatable bonds is 7. The lowest BCUT2D eigenvalue weighted by Crippen LogP contribution is -2.25. The van der Waals surface area contributed by atoms with E-state index in [2.05, 4.69) is 9.71 Å². The minimum Gasteiger partial charge on any atom is -0.408 e. The monoisotopic (exact) mass is 334 g/mol. The minimum absolute atomic E-state index is 0.0110. The van der Waals surface area contributed by atoms with E-state index in [4.69, 9.17) is 20.8 Å². The van der Waals surface area contributed by atoms with Crippen molar-refractivity contribution in [1.82, 2.24) is 9.71 Å². The Morgan fingerprint density at radius 3 is 2.90 bits per heavy atom. The Hall–Kier alpha value is -1.35. The quantitative estimate of drug-likeness (QED) is 0.747. The summed E-state index contributed by atoms with van der Waals surface area (Å²) in [5.41, 5.74) is 0.486. The maximum absolute atomic E-state index is 12.2. The number of aromatic amines is 1. The van der Waals surface area contributed by atoms with Crippen LogP contribution in [0.5, 0.6) is 0 Å². The first-order valence-electron chi connectivity index (χ1n) is 6.34.